The van der Waals surface area contributed by atoms with Crippen LogP contribution in [0, 0.1) is 5.82 Å². The van der Waals surface area contributed by atoms with E-state index < -0.39 is 0 Å². The van der Waals surface area contributed by atoms with Crippen molar-refractivity contribution in [1.29, 1.82) is 0 Å². The Morgan fingerprint density at radius 2 is 1.96 bits per heavy atom. The fourth-order valence-electron chi connectivity index (χ4n) is 1.93. The molecule has 0 radical (unpaired) electrons. The second-order valence-corrected chi connectivity index (χ2v) is 4.72. The lowest BCUT2D eigenvalue weighted by atomic mass is 10.1. The highest BCUT2D eigenvalue weighted by molar-refractivity contribution is 5.82. The number of allylic oxidation sites excluding steroid dienone is 1. The normalized spacial score (nSPS) is 11.0. The van der Waals surface area contributed by atoms with Crippen molar-refractivity contribution in [3.8, 4) is 5.75 Å². The summed E-state index contributed by atoms with van der Waals surface area (Å²) in [5.74, 6) is 0.171. The number of rotatable bonds is 6. The van der Waals surface area contributed by atoms with Crippen LogP contribution in [0.15, 0.2) is 59.7 Å². The number of para-hydroxylation sites is 1. The number of nitrogens with zero attached hydrogens (tertiary/aromatic N) is 1. The molecule has 0 saturated carbocycles. The highest BCUT2D eigenvalue weighted by Crippen LogP contribution is 2.18. The van der Waals surface area contributed by atoms with E-state index in [1.54, 1.807) is 25.3 Å². The summed E-state index contributed by atoms with van der Waals surface area (Å²) in [7, 11) is 1.61. The van der Waals surface area contributed by atoms with Crippen LogP contribution in [0.25, 0.3) is 6.08 Å². The van der Waals surface area contributed by atoms with Crippen LogP contribution < -0.4 is 10.2 Å². The molecule has 2 aromatic carbocycles. The lowest BCUT2D eigenvalue weighted by molar-refractivity contribution is -0.120. The smallest absolute Gasteiger partial charge is 0.244 e. The molecule has 0 atom stereocenters. The first kappa shape index (κ1) is 16.4. The molecular weight excluding hydrogens is 295 g/mol. The van der Waals surface area contributed by atoms with E-state index in [1.165, 1.54) is 18.3 Å². The van der Waals surface area contributed by atoms with Gasteiger partial charge in [-0.1, -0.05) is 30.3 Å². The highest BCUT2D eigenvalue weighted by Gasteiger charge is 2.01. The van der Waals surface area contributed by atoms with Crippen molar-refractivity contribution < 1.29 is 13.9 Å². The summed E-state index contributed by atoms with van der Waals surface area (Å²) in [5, 5.41) is 3.83. The molecule has 4 nitrogen and oxygen atoms in total. The van der Waals surface area contributed by atoms with Gasteiger partial charge in [-0.25, -0.2) is 9.82 Å². The van der Waals surface area contributed by atoms with Crippen LogP contribution in [-0.2, 0) is 11.2 Å². The molecule has 1 N–H and O–H groups in total. The van der Waals surface area contributed by atoms with Crippen molar-refractivity contribution in [3.05, 3.63) is 71.6 Å². The molecule has 2 aromatic rings. The van der Waals surface area contributed by atoms with Gasteiger partial charge in [-0.3, -0.25) is 4.79 Å². The maximum absolute atomic E-state index is 12.8. The molecule has 2 rings (SSSR count). The highest BCUT2D eigenvalue weighted by atomic mass is 19.1. The first-order valence-electron chi connectivity index (χ1n) is 7.05. The Balaban J connectivity index is 1.83. The second kappa shape index (κ2) is 8.48. The molecule has 0 aliphatic carbocycles. The Bertz CT molecular complexity index is 709. The number of carbonyl (C=O) groups excluding carboxylic acids is 1. The maximum Gasteiger partial charge on any atom is 0.244 e. The second-order valence-electron chi connectivity index (χ2n) is 4.72. The quantitative estimate of drug-likeness (QED) is 0.658. The Kier molecular flexibility index (Phi) is 6.06. The minimum absolute atomic E-state index is 0.147. The fraction of sp³-hybridized carbons (Fsp3) is 0.111. The van der Waals surface area contributed by atoms with Gasteiger partial charge in [0.2, 0.25) is 5.91 Å². The average molecular weight is 312 g/mol. The number of halogens is 1. The molecule has 0 unspecified atom stereocenters. The molecular formula is C18H17FN2O2. The number of carbonyl (C=O) groups is 1. The van der Waals surface area contributed by atoms with Crippen molar-refractivity contribution in [2.24, 2.45) is 5.10 Å². The Morgan fingerprint density at radius 1 is 1.22 bits per heavy atom. The zero-order valence-corrected chi connectivity index (χ0v) is 12.7. The summed E-state index contributed by atoms with van der Waals surface area (Å²) < 4.78 is 18.0. The van der Waals surface area contributed by atoms with Crippen molar-refractivity contribution in [2.75, 3.05) is 7.11 Å². The van der Waals surface area contributed by atoms with Crippen molar-refractivity contribution in [1.82, 2.24) is 5.43 Å². The minimum Gasteiger partial charge on any atom is -0.496 e. The van der Waals surface area contributed by atoms with Gasteiger partial charge < -0.3 is 4.74 Å². The SMILES string of the molecule is COc1ccccc1/C=C/C=N/NC(=O)Cc1ccc(F)cc1. The van der Waals surface area contributed by atoms with Gasteiger partial charge >= 0.3 is 0 Å². The summed E-state index contributed by atoms with van der Waals surface area (Å²) in [5.41, 5.74) is 4.06. The van der Waals surface area contributed by atoms with Crippen LogP contribution in [-0.4, -0.2) is 19.2 Å². The number of methoxy groups -OCH3 is 1. The van der Waals surface area contributed by atoms with Crippen LogP contribution in [0.4, 0.5) is 4.39 Å². The molecule has 1 amide bonds. The van der Waals surface area contributed by atoms with Gasteiger partial charge in [0.25, 0.3) is 0 Å². The van der Waals surface area contributed by atoms with Crippen LogP contribution in [0.5, 0.6) is 5.75 Å². The van der Waals surface area contributed by atoms with Crippen LogP contribution in [0.3, 0.4) is 0 Å². The number of ether oxygens (including phenoxy) is 1. The zero-order valence-electron chi connectivity index (χ0n) is 12.7. The predicted octanol–water partition coefficient (Wildman–Crippen LogP) is 3.19. The van der Waals surface area contributed by atoms with E-state index in [2.05, 4.69) is 10.5 Å². The van der Waals surface area contributed by atoms with Gasteiger partial charge in [0, 0.05) is 11.8 Å². The fourth-order valence-corrected chi connectivity index (χ4v) is 1.93. The molecule has 0 aromatic heterocycles. The minimum atomic E-state index is -0.325. The van der Waals surface area contributed by atoms with E-state index in [0.717, 1.165) is 16.9 Å². The average Bonchev–Trinajstić information content (AvgIpc) is 2.57. The number of nitrogens with one attached hydrogen (secondary N) is 1. The van der Waals surface area contributed by atoms with E-state index in [0.29, 0.717) is 0 Å². The standard InChI is InChI=1S/C18H17FN2O2/c1-23-17-7-3-2-5-15(17)6-4-12-20-21-18(22)13-14-8-10-16(19)11-9-14/h2-12H,13H2,1H3,(H,21,22)/b6-4+,20-12+. The van der Waals surface area contributed by atoms with E-state index in [-0.39, 0.29) is 18.1 Å². The lowest BCUT2D eigenvalue weighted by Crippen LogP contribution is -2.19. The van der Waals surface area contributed by atoms with Gasteiger partial charge in [-0.15, -0.1) is 0 Å². The number of hydrogen-bond acceptors (Lipinski definition) is 3. The van der Waals surface area contributed by atoms with E-state index in [4.69, 9.17) is 4.74 Å². The third-order valence-electron chi connectivity index (χ3n) is 3.04. The first-order chi connectivity index (χ1) is 11.2. The molecule has 0 heterocycles. The summed E-state index contributed by atoms with van der Waals surface area (Å²) in [6.45, 7) is 0. The lowest BCUT2D eigenvalue weighted by Gasteiger charge is -2.02. The Morgan fingerprint density at radius 3 is 2.70 bits per heavy atom. The summed E-state index contributed by atoms with van der Waals surface area (Å²) in [6.07, 6.45) is 5.16. The van der Waals surface area contributed by atoms with Crippen LogP contribution >= 0.6 is 0 Å². The molecule has 23 heavy (non-hydrogen) atoms. The van der Waals surface area contributed by atoms with Gasteiger partial charge in [0.15, 0.2) is 0 Å². The van der Waals surface area contributed by atoms with E-state index in [1.807, 2.05) is 30.3 Å². The van der Waals surface area contributed by atoms with Gasteiger partial charge in [0.1, 0.15) is 11.6 Å². The summed E-state index contributed by atoms with van der Waals surface area (Å²) in [6, 6.07) is 13.4. The maximum atomic E-state index is 12.8. The monoisotopic (exact) mass is 312 g/mol. The number of benzene rings is 2. The molecule has 0 spiro atoms. The largest absolute Gasteiger partial charge is 0.496 e. The third-order valence-corrected chi connectivity index (χ3v) is 3.04. The molecule has 118 valence electrons. The Hall–Kier alpha value is -2.95. The Labute approximate surface area is 134 Å². The van der Waals surface area contributed by atoms with Crippen molar-refractivity contribution >= 4 is 18.2 Å². The summed E-state index contributed by atoms with van der Waals surface area (Å²) >= 11 is 0. The molecule has 0 aliphatic heterocycles. The van der Waals surface area contributed by atoms with Crippen molar-refractivity contribution in [2.45, 2.75) is 6.42 Å². The first-order valence-corrected chi connectivity index (χ1v) is 7.05. The van der Waals surface area contributed by atoms with Crippen LogP contribution in [0.2, 0.25) is 0 Å². The molecule has 0 aliphatic rings. The molecule has 0 fully saturated rings. The van der Waals surface area contributed by atoms with Crippen LogP contribution in [0.1, 0.15) is 11.1 Å². The zero-order chi connectivity index (χ0) is 16.5. The number of hydrazone groups is 1. The van der Waals surface area contributed by atoms with Gasteiger partial charge in [-0.2, -0.15) is 5.10 Å². The third kappa shape index (κ3) is 5.39. The number of hydrogen-bond donors (Lipinski definition) is 1. The molecule has 0 bridgehead atoms. The van der Waals surface area contributed by atoms with E-state index in [9.17, 15) is 9.18 Å². The summed E-state index contributed by atoms with van der Waals surface area (Å²) in [4.78, 5) is 11.7. The molecule has 5 heteroatoms. The van der Waals surface area contributed by atoms with Crippen molar-refractivity contribution in [3.63, 3.8) is 0 Å². The van der Waals surface area contributed by atoms with E-state index >= 15 is 0 Å². The number of amides is 1. The van der Waals surface area contributed by atoms with Gasteiger partial charge in [-0.05, 0) is 35.9 Å². The van der Waals surface area contributed by atoms with Gasteiger partial charge in [0.05, 0.1) is 13.5 Å². The predicted molar refractivity (Wildman–Crippen MR) is 88.8 cm³/mol. The topological polar surface area (TPSA) is 50.7 Å². The molecule has 0 saturated heterocycles.